The molecule has 184 valence electrons. The van der Waals surface area contributed by atoms with Crippen LogP contribution in [0.25, 0.3) is 0 Å². The van der Waals surface area contributed by atoms with Crippen molar-refractivity contribution < 1.29 is 9.59 Å². The summed E-state index contributed by atoms with van der Waals surface area (Å²) in [7, 11) is 0. The first kappa shape index (κ1) is 24.9. The molecule has 1 aromatic carbocycles. The maximum Gasteiger partial charge on any atom is 0.244 e. The second-order valence-electron chi connectivity index (χ2n) is 11.7. The molecule has 0 saturated carbocycles. The number of Topliss-reactive ketones (excluding diaryl/α,β-unsaturated/α-hetero) is 1. The van der Waals surface area contributed by atoms with Gasteiger partial charge in [-0.15, -0.1) is 0 Å². The van der Waals surface area contributed by atoms with Crippen LogP contribution in [0.15, 0.2) is 34.9 Å². The number of carbonyl (C=O) groups is 2. The summed E-state index contributed by atoms with van der Waals surface area (Å²) in [6, 6.07) is 4.51. The van der Waals surface area contributed by atoms with Crippen LogP contribution in [0, 0.1) is 28.6 Å². The average Bonchev–Trinajstić information content (AvgIpc) is 2.79. The van der Waals surface area contributed by atoms with Crippen molar-refractivity contribution in [2.24, 2.45) is 34.3 Å². The predicted molar refractivity (Wildman–Crippen MR) is 140 cm³/mol. The summed E-state index contributed by atoms with van der Waals surface area (Å²) in [5, 5.41) is 0. The molecule has 34 heavy (non-hydrogen) atoms. The first-order valence-corrected chi connectivity index (χ1v) is 13.4. The molecule has 1 amide bonds. The van der Waals surface area contributed by atoms with E-state index in [9.17, 15) is 9.59 Å². The number of ketones is 1. The van der Waals surface area contributed by atoms with Gasteiger partial charge in [-0.05, 0) is 73.5 Å². The molecule has 1 aromatic rings. The number of hydrogen-bond acceptors (Lipinski definition) is 2. The third-order valence-electron chi connectivity index (χ3n) is 10.3. The summed E-state index contributed by atoms with van der Waals surface area (Å²) in [4.78, 5) is 26.6. The van der Waals surface area contributed by atoms with Crippen molar-refractivity contribution in [3.05, 3.63) is 57.2 Å². The van der Waals surface area contributed by atoms with Crippen molar-refractivity contribution in [2.75, 3.05) is 0 Å². The Morgan fingerprint density at radius 3 is 2.35 bits per heavy atom. The lowest BCUT2D eigenvalue weighted by Gasteiger charge is -2.58. The molecule has 3 aliphatic carbocycles. The number of aryl methyl sites for hydroxylation is 1. The van der Waals surface area contributed by atoms with Crippen molar-refractivity contribution in [1.29, 1.82) is 0 Å². The standard InChI is InChI=1S/C31H43NO2/c1-8-19(9-2)15-21-12-11-20(10-3)27-24(21)17-22-16-23-13-14-25(29(32)34)30(5,6)31(23,7)18(4)26(22)28(27)33/h11-12,14,19,22-23H,8-10,13,15-17H2,1-7H3,(H2,32,34). The Morgan fingerprint density at radius 2 is 1.76 bits per heavy atom. The zero-order chi connectivity index (χ0) is 25.0. The third-order valence-corrected chi connectivity index (χ3v) is 10.3. The Labute approximate surface area is 206 Å². The van der Waals surface area contributed by atoms with Crippen molar-refractivity contribution in [3.63, 3.8) is 0 Å². The van der Waals surface area contributed by atoms with Gasteiger partial charge in [0.1, 0.15) is 0 Å². The molecule has 3 aliphatic rings. The van der Waals surface area contributed by atoms with Crippen molar-refractivity contribution >= 4 is 11.7 Å². The van der Waals surface area contributed by atoms with Crippen molar-refractivity contribution in [2.45, 2.75) is 93.4 Å². The molecule has 0 fully saturated rings. The van der Waals surface area contributed by atoms with E-state index < -0.39 is 5.41 Å². The molecule has 0 heterocycles. The zero-order valence-corrected chi connectivity index (χ0v) is 22.3. The molecule has 3 nitrogen and oxygen atoms in total. The number of rotatable bonds is 6. The molecule has 0 bridgehead atoms. The largest absolute Gasteiger partial charge is 0.366 e. The van der Waals surface area contributed by atoms with E-state index in [-0.39, 0.29) is 23.0 Å². The fourth-order valence-electron chi connectivity index (χ4n) is 7.66. The highest BCUT2D eigenvalue weighted by Gasteiger charge is 2.57. The maximum absolute atomic E-state index is 14.3. The number of primary amides is 1. The second-order valence-corrected chi connectivity index (χ2v) is 11.7. The smallest absolute Gasteiger partial charge is 0.244 e. The summed E-state index contributed by atoms with van der Waals surface area (Å²) >= 11 is 0. The van der Waals surface area contributed by atoms with Gasteiger partial charge in [-0.25, -0.2) is 0 Å². The average molecular weight is 462 g/mol. The minimum absolute atomic E-state index is 0.248. The van der Waals surface area contributed by atoms with Crippen molar-refractivity contribution in [3.8, 4) is 0 Å². The van der Waals surface area contributed by atoms with Crippen LogP contribution in [0.5, 0.6) is 0 Å². The molecular weight excluding hydrogens is 418 g/mol. The SMILES string of the molecule is CCc1ccc(CC(CC)CC)c2c1C(=O)C1=C(C)C3(C)C(CC=C(C(N)=O)C3(C)C)CC1C2. The van der Waals surface area contributed by atoms with Gasteiger partial charge in [0.15, 0.2) is 5.78 Å². The van der Waals surface area contributed by atoms with Crippen LogP contribution < -0.4 is 5.73 Å². The van der Waals surface area contributed by atoms with Crippen LogP contribution in [-0.4, -0.2) is 11.7 Å². The highest BCUT2D eigenvalue weighted by atomic mass is 16.1. The molecule has 3 unspecified atom stereocenters. The number of amides is 1. The van der Waals surface area contributed by atoms with Gasteiger partial charge < -0.3 is 5.73 Å². The molecule has 3 heteroatoms. The minimum Gasteiger partial charge on any atom is -0.366 e. The molecule has 0 aromatic heterocycles. The molecule has 0 spiro atoms. The number of carbonyl (C=O) groups excluding carboxylic acids is 2. The number of fused-ring (bicyclic) bond motifs is 3. The fraction of sp³-hybridized carbons (Fsp3) is 0.613. The van der Waals surface area contributed by atoms with Crippen LogP contribution in [-0.2, 0) is 24.1 Å². The summed E-state index contributed by atoms with van der Waals surface area (Å²) in [6.07, 6.45) is 9.19. The van der Waals surface area contributed by atoms with E-state index in [1.54, 1.807) is 0 Å². The first-order valence-electron chi connectivity index (χ1n) is 13.4. The Hall–Kier alpha value is -2.16. The van der Waals surface area contributed by atoms with Gasteiger partial charge in [0.25, 0.3) is 0 Å². The Balaban J connectivity index is 1.88. The molecule has 0 aliphatic heterocycles. The van der Waals surface area contributed by atoms with Gasteiger partial charge in [-0.2, -0.15) is 0 Å². The van der Waals surface area contributed by atoms with Gasteiger partial charge in [0.05, 0.1) is 0 Å². The Morgan fingerprint density at radius 1 is 1.12 bits per heavy atom. The number of nitrogens with two attached hydrogens (primary N) is 1. The number of hydrogen-bond donors (Lipinski definition) is 1. The minimum atomic E-state index is -0.407. The van der Waals surface area contributed by atoms with Crippen LogP contribution in [0.3, 0.4) is 0 Å². The van der Waals surface area contributed by atoms with Crippen LogP contribution >= 0.6 is 0 Å². The molecular formula is C31H43NO2. The molecule has 0 radical (unpaired) electrons. The number of benzene rings is 1. The summed E-state index contributed by atoms with van der Waals surface area (Å²) < 4.78 is 0. The van der Waals surface area contributed by atoms with E-state index in [1.807, 2.05) is 0 Å². The van der Waals surface area contributed by atoms with Crippen LogP contribution in [0.1, 0.15) is 101 Å². The normalized spacial score (nSPS) is 27.8. The zero-order valence-electron chi connectivity index (χ0n) is 22.3. The molecule has 3 atom stereocenters. The quantitative estimate of drug-likeness (QED) is 0.508. The van der Waals surface area contributed by atoms with E-state index in [1.165, 1.54) is 35.1 Å². The van der Waals surface area contributed by atoms with E-state index >= 15 is 0 Å². The topological polar surface area (TPSA) is 60.2 Å². The predicted octanol–water partition coefficient (Wildman–Crippen LogP) is 6.77. The first-order chi connectivity index (χ1) is 16.0. The monoisotopic (exact) mass is 461 g/mol. The lowest BCUT2D eigenvalue weighted by Crippen LogP contribution is -2.52. The Kier molecular flexibility index (Phi) is 6.46. The summed E-state index contributed by atoms with van der Waals surface area (Å²) in [5.41, 5.74) is 13.0. The third kappa shape index (κ3) is 3.45. The number of allylic oxidation sites excluding steroid dienone is 3. The van der Waals surface area contributed by atoms with Gasteiger partial charge in [0, 0.05) is 27.5 Å². The molecule has 0 saturated heterocycles. The summed E-state index contributed by atoms with van der Waals surface area (Å²) in [5.74, 6) is 1.26. The summed E-state index contributed by atoms with van der Waals surface area (Å²) in [6.45, 7) is 15.4. The highest BCUT2D eigenvalue weighted by Crippen LogP contribution is 2.63. The lowest BCUT2D eigenvalue weighted by atomic mass is 9.45. The maximum atomic E-state index is 14.3. The van der Waals surface area contributed by atoms with E-state index in [2.05, 4.69) is 66.7 Å². The Bertz CT molecular complexity index is 1080. The molecule has 2 N–H and O–H groups in total. The van der Waals surface area contributed by atoms with Crippen LogP contribution in [0.4, 0.5) is 0 Å². The van der Waals surface area contributed by atoms with Gasteiger partial charge in [0.2, 0.25) is 5.91 Å². The highest BCUT2D eigenvalue weighted by molar-refractivity contribution is 6.13. The van der Waals surface area contributed by atoms with E-state index in [4.69, 9.17) is 5.73 Å². The fourth-order valence-corrected chi connectivity index (χ4v) is 7.66. The van der Waals surface area contributed by atoms with E-state index in [0.29, 0.717) is 11.8 Å². The molecule has 4 rings (SSSR count). The lowest BCUT2D eigenvalue weighted by molar-refractivity contribution is -0.117. The van der Waals surface area contributed by atoms with Gasteiger partial charge in [-0.1, -0.05) is 78.2 Å². The second kappa shape index (κ2) is 8.81. The van der Waals surface area contributed by atoms with Gasteiger partial charge >= 0.3 is 0 Å². The van der Waals surface area contributed by atoms with Gasteiger partial charge in [-0.3, -0.25) is 9.59 Å². The van der Waals surface area contributed by atoms with Crippen LogP contribution in [0.2, 0.25) is 0 Å². The van der Waals surface area contributed by atoms with Crippen molar-refractivity contribution in [1.82, 2.24) is 0 Å². The van der Waals surface area contributed by atoms with E-state index in [0.717, 1.165) is 48.8 Å².